The molecule has 20 heavy (non-hydrogen) atoms. The van der Waals surface area contributed by atoms with E-state index in [-0.39, 0.29) is 24.8 Å². The number of likely N-dealkylation sites (tertiary alicyclic amines) is 1. The third-order valence-electron chi connectivity index (χ3n) is 6.51. The molecular weight excluding hydrogens is 450 g/mol. The third kappa shape index (κ3) is 1.58. The standard InChI is InChI=1S/C15H22Br3NO/c1-13(2)14(11(17)18)6-7-15(13,10(14)16)12(20)19-8-4-3-5-9-19/h10-11H,3-9H2,1-2H3/t10-,14-,15-/m1/s1. The van der Waals surface area contributed by atoms with E-state index in [1.807, 2.05) is 0 Å². The van der Waals surface area contributed by atoms with Gasteiger partial charge in [0.2, 0.25) is 5.91 Å². The van der Waals surface area contributed by atoms with Crippen LogP contribution in [0, 0.1) is 16.2 Å². The molecule has 1 amide bonds. The van der Waals surface area contributed by atoms with Crippen molar-refractivity contribution in [2.75, 3.05) is 13.1 Å². The molecule has 1 saturated heterocycles. The Balaban J connectivity index is 1.92. The van der Waals surface area contributed by atoms with E-state index in [2.05, 4.69) is 66.5 Å². The van der Waals surface area contributed by atoms with Crippen molar-refractivity contribution >= 4 is 53.7 Å². The number of carbonyl (C=O) groups is 1. The van der Waals surface area contributed by atoms with E-state index in [9.17, 15) is 4.79 Å². The predicted molar refractivity (Wildman–Crippen MR) is 92.7 cm³/mol. The Kier molecular flexibility index (Phi) is 3.91. The molecule has 114 valence electrons. The van der Waals surface area contributed by atoms with Crippen LogP contribution in [0.25, 0.3) is 0 Å². The molecule has 2 nitrogen and oxygen atoms in total. The van der Waals surface area contributed by atoms with Gasteiger partial charge in [-0.3, -0.25) is 4.79 Å². The number of amides is 1. The van der Waals surface area contributed by atoms with Crippen LogP contribution in [0.3, 0.4) is 0 Å². The van der Waals surface area contributed by atoms with Crippen molar-refractivity contribution in [3.05, 3.63) is 0 Å². The molecule has 1 aliphatic heterocycles. The van der Waals surface area contributed by atoms with Crippen LogP contribution in [0.15, 0.2) is 0 Å². The van der Waals surface area contributed by atoms with Gasteiger partial charge in [0.05, 0.1) is 9.15 Å². The summed E-state index contributed by atoms with van der Waals surface area (Å²) in [5.74, 6) is 0.401. The molecule has 4 rings (SSSR count). The SMILES string of the molecule is CC1(C)[C@]2(C(=O)N3CCCCC3)CC[C@]1(C(Br)Br)[C@H]2Br. The van der Waals surface area contributed by atoms with Crippen LogP contribution in [0.5, 0.6) is 0 Å². The van der Waals surface area contributed by atoms with E-state index < -0.39 is 0 Å². The first-order valence-electron chi connectivity index (χ1n) is 7.54. The summed E-state index contributed by atoms with van der Waals surface area (Å²) in [5, 5.41) is 0. The average molecular weight is 472 g/mol. The Bertz CT molecular complexity index is 433. The summed E-state index contributed by atoms with van der Waals surface area (Å²) in [4.78, 5) is 15.6. The molecule has 3 saturated carbocycles. The first kappa shape index (κ1) is 15.8. The average Bonchev–Trinajstić information content (AvgIpc) is 2.88. The Morgan fingerprint density at radius 1 is 1.15 bits per heavy atom. The molecule has 4 fully saturated rings. The molecule has 2 bridgehead atoms. The van der Waals surface area contributed by atoms with E-state index in [0.29, 0.717) is 5.91 Å². The second-order valence-electron chi connectivity index (χ2n) is 7.15. The summed E-state index contributed by atoms with van der Waals surface area (Å²) in [6, 6.07) is 0. The Morgan fingerprint density at radius 3 is 2.20 bits per heavy atom. The molecular formula is C15H22Br3NO. The number of halogens is 3. The highest BCUT2D eigenvalue weighted by atomic mass is 79.9. The van der Waals surface area contributed by atoms with Crippen molar-refractivity contribution < 1.29 is 4.79 Å². The van der Waals surface area contributed by atoms with Gasteiger partial charge in [-0.1, -0.05) is 61.6 Å². The molecule has 1 heterocycles. The minimum absolute atomic E-state index is 0.0281. The van der Waals surface area contributed by atoms with Gasteiger partial charge < -0.3 is 4.90 Å². The van der Waals surface area contributed by atoms with Crippen molar-refractivity contribution in [3.8, 4) is 0 Å². The molecule has 0 aromatic heterocycles. The van der Waals surface area contributed by atoms with Crippen LogP contribution in [0.1, 0.15) is 46.0 Å². The Morgan fingerprint density at radius 2 is 1.75 bits per heavy atom. The van der Waals surface area contributed by atoms with E-state index in [1.54, 1.807) is 0 Å². The summed E-state index contributed by atoms with van der Waals surface area (Å²) < 4.78 is 0.256. The van der Waals surface area contributed by atoms with E-state index in [0.717, 1.165) is 25.9 Å². The molecule has 0 aromatic carbocycles. The lowest BCUT2D eigenvalue weighted by Crippen LogP contribution is -2.72. The van der Waals surface area contributed by atoms with Gasteiger partial charge in [0.1, 0.15) is 0 Å². The highest BCUT2D eigenvalue weighted by Crippen LogP contribution is 2.82. The zero-order valence-corrected chi connectivity index (χ0v) is 16.9. The molecule has 0 unspecified atom stereocenters. The minimum Gasteiger partial charge on any atom is -0.342 e. The number of piperidine rings is 1. The zero-order chi connectivity index (χ0) is 14.8. The van der Waals surface area contributed by atoms with Crippen LogP contribution in [-0.2, 0) is 4.79 Å². The number of carbonyl (C=O) groups excluding carboxylic acids is 1. The highest BCUT2D eigenvalue weighted by Gasteiger charge is 2.83. The van der Waals surface area contributed by atoms with Gasteiger partial charge in [-0.2, -0.15) is 0 Å². The maximum absolute atomic E-state index is 13.2. The lowest BCUT2D eigenvalue weighted by atomic mass is 9.43. The molecule has 0 spiro atoms. The van der Waals surface area contributed by atoms with E-state index in [1.165, 1.54) is 19.3 Å². The van der Waals surface area contributed by atoms with Crippen LogP contribution >= 0.6 is 47.8 Å². The van der Waals surface area contributed by atoms with Crippen LogP contribution in [-0.4, -0.2) is 32.5 Å². The van der Waals surface area contributed by atoms with Crippen molar-refractivity contribution in [1.82, 2.24) is 4.90 Å². The van der Waals surface area contributed by atoms with Gasteiger partial charge in [-0.05, 0) is 37.5 Å². The largest absolute Gasteiger partial charge is 0.342 e. The first-order chi connectivity index (χ1) is 9.32. The summed E-state index contributed by atoms with van der Waals surface area (Å²) in [6.07, 6.45) is 5.72. The third-order valence-corrected chi connectivity index (χ3v) is 9.74. The molecule has 3 aliphatic carbocycles. The molecule has 5 heteroatoms. The first-order valence-corrected chi connectivity index (χ1v) is 10.3. The fourth-order valence-corrected chi connectivity index (χ4v) is 9.95. The Hall–Kier alpha value is 0.910. The van der Waals surface area contributed by atoms with Gasteiger partial charge >= 0.3 is 0 Å². The molecule has 4 aliphatic rings. The topological polar surface area (TPSA) is 20.3 Å². The van der Waals surface area contributed by atoms with Crippen molar-refractivity contribution in [2.24, 2.45) is 16.2 Å². The minimum atomic E-state index is -0.204. The molecule has 0 N–H and O–H groups in total. The van der Waals surface area contributed by atoms with Crippen molar-refractivity contribution in [1.29, 1.82) is 0 Å². The number of alkyl halides is 3. The van der Waals surface area contributed by atoms with Crippen molar-refractivity contribution in [2.45, 2.75) is 54.5 Å². The molecule has 3 atom stereocenters. The van der Waals surface area contributed by atoms with Gasteiger partial charge in [0, 0.05) is 23.3 Å². The zero-order valence-electron chi connectivity index (χ0n) is 12.1. The molecule has 0 aromatic rings. The van der Waals surface area contributed by atoms with Gasteiger partial charge in [0.25, 0.3) is 0 Å². The fourth-order valence-electron chi connectivity index (χ4n) is 5.05. The lowest BCUT2D eigenvalue weighted by Gasteiger charge is -2.66. The van der Waals surface area contributed by atoms with Crippen LogP contribution < -0.4 is 0 Å². The maximum atomic E-state index is 13.2. The van der Waals surface area contributed by atoms with Crippen LogP contribution in [0.4, 0.5) is 0 Å². The van der Waals surface area contributed by atoms with Crippen molar-refractivity contribution in [3.63, 3.8) is 0 Å². The van der Waals surface area contributed by atoms with Gasteiger partial charge in [-0.25, -0.2) is 0 Å². The smallest absolute Gasteiger partial charge is 0.230 e. The summed E-state index contributed by atoms with van der Waals surface area (Å²) >= 11 is 11.4. The van der Waals surface area contributed by atoms with E-state index >= 15 is 0 Å². The second-order valence-corrected chi connectivity index (χ2v) is 11.1. The van der Waals surface area contributed by atoms with Gasteiger partial charge in [0.15, 0.2) is 0 Å². The quantitative estimate of drug-likeness (QED) is 0.535. The number of hydrogen-bond acceptors (Lipinski definition) is 1. The summed E-state index contributed by atoms with van der Waals surface area (Å²) in [7, 11) is 0. The summed E-state index contributed by atoms with van der Waals surface area (Å²) in [5.41, 5.74) is -0.0387. The number of nitrogens with zero attached hydrogens (tertiary/aromatic N) is 1. The summed E-state index contributed by atoms with van der Waals surface area (Å²) in [6.45, 7) is 6.48. The molecule has 0 radical (unpaired) electrons. The van der Waals surface area contributed by atoms with E-state index in [4.69, 9.17) is 0 Å². The lowest BCUT2D eigenvalue weighted by molar-refractivity contribution is -0.173. The highest BCUT2D eigenvalue weighted by molar-refractivity contribution is 9.24. The number of rotatable bonds is 2. The van der Waals surface area contributed by atoms with Gasteiger partial charge in [-0.15, -0.1) is 0 Å². The maximum Gasteiger partial charge on any atom is 0.230 e. The van der Waals surface area contributed by atoms with Crippen LogP contribution in [0.2, 0.25) is 0 Å². The number of fused-ring (bicyclic) bond motifs is 1. The predicted octanol–water partition coefficient (Wildman–Crippen LogP) is 4.68. The monoisotopic (exact) mass is 469 g/mol. The fraction of sp³-hybridized carbons (Fsp3) is 0.933. The Labute approximate surface area is 146 Å². The normalized spacial score (nSPS) is 42.7. The number of hydrogen-bond donors (Lipinski definition) is 0. The second kappa shape index (κ2) is 4.95.